The summed E-state index contributed by atoms with van der Waals surface area (Å²) in [5.41, 5.74) is 0.989. The Kier molecular flexibility index (Phi) is 5.86. The predicted octanol–water partition coefficient (Wildman–Crippen LogP) is 0.803. The summed E-state index contributed by atoms with van der Waals surface area (Å²) in [6.07, 6.45) is 3.21. The molecule has 2 N–H and O–H groups in total. The monoisotopic (exact) mass is 334 g/mol. The smallest absolute Gasteiger partial charge is 0.248 e. The van der Waals surface area contributed by atoms with Crippen LogP contribution in [0.15, 0.2) is 18.3 Å². The van der Waals surface area contributed by atoms with E-state index in [1.165, 1.54) is 4.90 Å². The largest absolute Gasteiger partial charge is 0.330 e. The van der Waals surface area contributed by atoms with Gasteiger partial charge in [0.25, 0.3) is 0 Å². The highest BCUT2D eigenvalue weighted by atomic mass is 16.5. The molecule has 0 radical (unpaired) electrons. The third kappa shape index (κ3) is 4.29. The summed E-state index contributed by atoms with van der Waals surface area (Å²) in [7, 11) is 0. The number of amides is 3. The molecule has 1 saturated heterocycles. The van der Waals surface area contributed by atoms with Gasteiger partial charge >= 0.3 is 0 Å². The molecular formula is C16H22N4O4. The van der Waals surface area contributed by atoms with Crippen LogP contribution in [0.3, 0.4) is 0 Å². The molecule has 1 fully saturated rings. The minimum atomic E-state index is -0.592. The number of hydrogen-bond acceptors (Lipinski definition) is 5. The lowest BCUT2D eigenvalue weighted by molar-refractivity contribution is -0.156. The second-order valence-corrected chi connectivity index (χ2v) is 6.03. The Bertz CT molecular complexity index is 605. The average Bonchev–Trinajstić information content (AvgIpc) is 3.05. The number of aryl methyl sites for hydroxylation is 1. The molecule has 1 aromatic heterocycles. The van der Waals surface area contributed by atoms with Crippen molar-refractivity contribution in [3.05, 3.63) is 23.9 Å². The zero-order chi connectivity index (χ0) is 17.7. The number of aromatic nitrogens is 1. The summed E-state index contributed by atoms with van der Waals surface area (Å²) in [5.74, 6) is -0.683. The van der Waals surface area contributed by atoms with Gasteiger partial charge in [-0.3, -0.25) is 19.6 Å². The van der Waals surface area contributed by atoms with Gasteiger partial charge in [-0.05, 0) is 31.4 Å². The molecule has 0 unspecified atom stereocenters. The Morgan fingerprint density at radius 1 is 1.54 bits per heavy atom. The summed E-state index contributed by atoms with van der Waals surface area (Å²) >= 11 is 0. The molecule has 130 valence electrons. The molecule has 0 aromatic carbocycles. The van der Waals surface area contributed by atoms with Crippen molar-refractivity contribution in [2.24, 2.45) is 5.92 Å². The fourth-order valence-corrected chi connectivity index (χ4v) is 2.74. The third-order valence-electron chi connectivity index (χ3n) is 4.01. The van der Waals surface area contributed by atoms with Crippen LogP contribution in [-0.2, 0) is 14.4 Å². The first-order chi connectivity index (χ1) is 11.4. The van der Waals surface area contributed by atoms with Gasteiger partial charge in [0, 0.05) is 12.7 Å². The molecule has 0 bridgehead atoms. The van der Waals surface area contributed by atoms with Crippen molar-refractivity contribution in [1.82, 2.24) is 14.9 Å². The van der Waals surface area contributed by atoms with E-state index in [4.69, 9.17) is 0 Å². The molecule has 3 amide bonds. The molecule has 2 heterocycles. The summed E-state index contributed by atoms with van der Waals surface area (Å²) in [6.45, 7) is 3.90. The lowest BCUT2D eigenvalue weighted by Gasteiger charge is -2.27. The van der Waals surface area contributed by atoms with Crippen LogP contribution < -0.4 is 5.32 Å². The molecule has 24 heavy (non-hydrogen) atoms. The summed E-state index contributed by atoms with van der Waals surface area (Å²) in [4.78, 5) is 41.0. The maximum absolute atomic E-state index is 12.5. The van der Waals surface area contributed by atoms with Crippen molar-refractivity contribution in [2.75, 3.05) is 18.4 Å². The fraction of sp³-hybridized carbons (Fsp3) is 0.500. The van der Waals surface area contributed by atoms with Crippen LogP contribution in [0.4, 0.5) is 5.82 Å². The highest BCUT2D eigenvalue weighted by molar-refractivity contribution is 5.97. The lowest BCUT2D eigenvalue weighted by Crippen LogP contribution is -2.47. The molecule has 1 aliphatic rings. The Morgan fingerprint density at radius 3 is 2.92 bits per heavy atom. The predicted molar refractivity (Wildman–Crippen MR) is 86.1 cm³/mol. The Morgan fingerprint density at radius 2 is 2.29 bits per heavy atom. The number of likely N-dealkylation sites (tertiary alicyclic amines) is 1. The van der Waals surface area contributed by atoms with Gasteiger partial charge in [0.1, 0.15) is 11.9 Å². The van der Waals surface area contributed by atoms with Crippen molar-refractivity contribution >= 4 is 24.0 Å². The fourth-order valence-electron chi connectivity index (χ4n) is 2.74. The molecule has 1 aromatic rings. The average molecular weight is 334 g/mol. The van der Waals surface area contributed by atoms with Crippen LogP contribution in [0.2, 0.25) is 0 Å². The highest BCUT2D eigenvalue weighted by Crippen LogP contribution is 2.21. The van der Waals surface area contributed by atoms with Crippen molar-refractivity contribution in [3.8, 4) is 0 Å². The Balaban J connectivity index is 2.00. The minimum Gasteiger partial charge on any atom is -0.330 e. The number of nitrogens with zero attached hydrogens (tertiary/aromatic N) is 3. The van der Waals surface area contributed by atoms with E-state index in [-0.39, 0.29) is 24.8 Å². The number of nitrogens with one attached hydrogen (secondary N) is 1. The van der Waals surface area contributed by atoms with Crippen LogP contribution in [0.1, 0.15) is 25.3 Å². The number of pyridine rings is 1. The molecule has 2 atom stereocenters. The lowest BCUT2D eigenvalue weighted by atomic mass is 10.1. The molecular weight excluding hydrogens is 312 g/mol. The van der Waals surface area contributed by atoms with E-state index >= 15 is 0 Å². The molecule has 2 rings (SSSR count). The van der Waals surface area contributed by atoms with Gasteiger partial charge in [0.05, 0.1) is 12.5 Å². The number of hydroxylamine groups is 2. The van der Waals surface area contributed by atoms with Gasteiger partial charge in [-0.1, -0.05) is 13.0 Å². The Labute approximate surface area is 140 Å². The van der Waals surface area contributed by atoms with Crippen LogP contribution in [0, 0.1) is 12.8 Å². The van der Waals surface area contributed by atoms with Crippen LogP contribution in [0.5, 0.6) is 0 Å². The van der Waals surface area contributed by atoms with Crippen molar-refractivity contribution in [1.29, 1.82) is 0 Å². The van der Waals surface area contributed by atoms with Crippen LogP contribution in [0.25, 0.3) is 0 Å². The van der Waals surface area contributed by atoms with E-state index in [1.807, 2.05) is 13.0 Å². The van der Waals surface area contributed by atoms with Gasteiger partial charge in [0.15, 0.2) is 0 Å². The van der Waals surface area contributed by atoms with Gasteiger partial charge in [-0.25, -0.2) is 10.0 Å². The molecule has 8 heteroatoms. The molecule has 1 aliphatic heterocycles. The number of carbonyl (C=O) groups excluding carboxylic acids is 3. The van der Waals surface area contributed by atoms with Gasteiger partial charge in [-0.15, -0.1) is 0 Å². The van der Waals surface area contributed by atoms with E-state index < -0.39 is 12.0 Å². The van der Waals surface area contributed by atoms with Crippen molar-refractivity contribution in [3.63, 3.8) is 0 Å². The van der Waals surface area contributed by atoms with Gasteiger partial charge < -0.3 is 10.2 Å². The second kappa shape index (κ2) is 7.87. The summed E-state index contributed by atoms with van der Waals surface area (Å²) in [5, 5.41) is 12.4. The van der Waals surface area contributed by atoms with E-state index in [9.17, 15) is 19.6 Å². The maximum atomic E-state index is 12.5. The van der Waals surface area contributed by atoms with E-state index in [1.54, 1.807) is 19.2 Å². The molecule has 0 spiro atoms. The van der Waals surface area contributed by atoms with Crippen molar-refractivity contribution in [2.45, 2.75) is 32.7 Å². The Hall–Kier alpha value is -2.48. The van der Waals surface area contributed by atoms with Gasteiger partial charge in [-0.2, -0.15) is 0 Å². The maximum Gasteiger partial charge on any atom is 0.248 e. The van der Waals surface area contributed by atoms with E-state index in [0.717, 1.165) is 12.0 Å². The van der Waals surface area contributed by atoms with Crippen molar-refractivity contribution < 1.29 is 19.6 Å². The number of rotatable bonds is 6. The highest BCUT2D eigenvalue weighted by Gasteiger charge is 2.36. The number of carbonyl (C=O) groups is 3. The summed E-state index contributed by atoms with van der Waals surface area (Å²) < 4.78 is 0. The first-order valence-electron chi connectivity index (χ1n) is 7.87. The normalized spacial score (nSPS) is 18.1. The standard InChI is InChI=1S/C16H22N4O4/c1-11-5-6-14(17-8-11)18-15(22)13-4-3-7-20(13)16(23)12(2)9-19(24)10-21/h5-6,8,10,12-13,24H,3-4,7,9H2,1-2H3,(H,17,18,22)/t12-,13+/m1/s1. The molecule has 0 saturated carbocycles. The molecule has 0 aliphatic carbocycles. The first kappa shape index (κ1) is 17.9. The zero-order valence-corrected chi connectivity index (χ0v) is 13.8. The van der Waals surface area contributed by atoms with E-state index in [2.05, 4.69) is 10.3 Å². The topological polar surface area (TPSA) is 103 Å². The third-order valence-corrected chi connectivity index (χ3v) is 4.01. The van der Waals surface area contributed by atoms with Crippen LogP contribution >= 0.6 is 0 Å². The minimum absolute atomic E-state index is 0.104. The SMILES string of the molecule is Cc1ccc(NC(=O)[C@@H]2CCCN2C(=O)[C@H](C)CN(O)C=O)nc1. The summed E-state index contributed by atoms with van der Waals surface area (Å²) in [6, 6.07) is 2.99. The van der Waals surface area contributed by atoms with Crippen LogP contribution in [-0.4, -0.2) is 57.5 Å². The first-order valence-corrected chi connectivity index (χ1v) is 7.87. The quantitative estimate of drug-likeness (QED) is 0.455. The van der Waals surface area contributed by atoms with E-state index in [0.29, 0.717) is 23.8 Å². The molecule has 8 nitrogen and oxygen atoms in total. The number of anilines is 1. The second-order valence-electron chi connectivity index (χ2n) is 6.03. The zero-order valence-electron chi connectivity index (χ0n) is 13.8. The number of hydrogen-bond donors (Lipinski definition) is 2. The van der Waals surface area contributed by atoms with Gasteiger partial charge in [0.2, 0.25) is 18.2 Å².